The van der Waals surface area contributed by atoms with Crippen molar-refractivity contribution in [1.29, 1.82) is 0 Å². The van der Waals surface area contributed by atoms with Gasteiger partial charge in [0.05, 0.1) is 16.6 Å². The van der Waals surface area contributed by atoms with Gasteiger partial charge in [-0.3, -0.25) is 4.79 Å². The second-order valence-corrected chi connectivity index (χ2v) is 10.2. The van der Waals surface area contributed by atoms with Crippen LogP contribution in [0.1, 0.15) is 41.7 Å². The molecule has 0 amide bonds. The number of pyridine rings is 1. The Bertz CT molecular complexity index is 1340. The van der Waals surface area contributed by atoms with Crippen molar-refractivity contribution in [3.63, 3.8) is 0 Å². The number of aliphatic hydroxyl groups is 3. The Kier molecular flexibility index (Phi) is 6.90. The van der Waals surface area contributed by atoms with Gasteiger partial charge in [-0.25, -0.2) is 14.0 Å². The van der Waals surface area contributed by atoms with Crippen LogP contribution < -0.4 is 15.6 Å². The number of hydrogen-bond acceptors (Lipinski definition) is 10. The third kappa shape index (κ3) is 4.54. The maximum Gasteiger partial charge on any atom is 0.346 e. The van der Waals surface area contributed by atoms with E-state index in [4.69, 9.17) is 9.47 Å². The highest BCUT2D eigenvalue weighted by Gasteiger charge is 2.49. The highest BCUT2D eigenvalue weighted by molar-refractivity contribution is 5.96. The maximum atomic E-state index is 15.6. The number of hydrogen-bond donors (Lipinski definition) is 5. The molecule has 2 aliphatic heterocycles. The minimum Gasteiger partial charge on any atom is -0.479 e. The number of nitrogens with zero attached hydrogens (tertiary/aromatic N) is 2. The fraction of sp³-hybridized carbons (Fsp3) is 0.560. The van der Waals surface area contributed by atoms with Crippen LogP contribution in [0, 0.1) is 12.7 Å². The second kappa shape index (κ2) is 9.89. The lowest BCUT2D eigenvalue weighted by atomic mass is 9.99. The summed E-state index contributed by atoms with van der Waals surface area (Å²) >= 11 is 0. The summed E-state index contributed by atoms with van der Waals surface area (Å²) < 4.78 is 27.5. The first-order valence-electron chi connectivity index (χ1n) is 12.5. The van der Waals surface area contributed by atoms with Gasteiger partial charge in [0.1, 0.15) is 29.7 Å². The van der Waals surface area contributed by atoms with E-state index < -0.39 is 59.5 Å². The molecular weight excluding hydrogens is 505 g/mol. The molecule has 5 N–H and O–H groups in total. The van der Waals surface area contributed by atoms with Gasteiger partial charge in [0.15, 0.2) is 6.10 Å². The maximum absolute atomic E-state index is 15.6. The zero-order chi connectivity index (χ0) is 27.5. The molecule has 1 saturated carbocycles. The van der Waals surface area contributed by atoms with E-state index in [2.05, 4.69) is 5.32 Å². The van der Waals surface area contributed by atoms with Crippen LogP contribution in [0.15, 0.2) is 17.1 Å². The first kappa shape index (κ1) is 26.5. The van der Waals surface area contributed by atoms with Gasteiger partial charge in [-0.1, -0.05) is 0 Å². The van der Waals surface area contributed by atoms with Crippen LogP contribution in [0.3, 0.4) is 0 Å². The second-order valence-electron chi connectivity index (χ2n) is 10.2. The molecule has 5 rings (SSSR count). The summed E-state index contributed by atoms with van der Waals surface area (Å²) in [5.74, 6) is -3.46. The van der Waals surface area contributed by atoms with E-state index in [0.717, 1.165) is 12.8 Å². The topological polar surface area (TPSA) is 171 Å². The lowest BCUT2D eigenvalue weighted by Gasteiger charge is -2.37. The number of aromatic nitrogens is 1. The lowest BCUT2D eigenvalue weighted by Crippen LogP contribution is -2.60. The van der Waals surface area contributed by atoms with Gasteiger partial charge < -0.3 is 44.7 Å². The first-order chi connectivity index (χ1) is 18.0. The average molecular weight is 536 g/mol. The quantitative estimate of drug-likeness (QED) is 0.317. The highest BCUT2D eigenvalue weighted by atomic mass is 19.1. The molecule has 1 aromatic heterocycles. The minimum absolute atomic E-state index is 0.0137. The molecule has 1 aliphatic carbocycles. The van der Waals surface area contributed by atoms with Crippen LogP contribution in [0.5, 0.6) is 0 Å². The molecule has 0 spiro atoms. The van der Waals surface area contributed by atoms with Crippen LogP contribution in [-0.2, 0) is 14.3 Å². The summed E-state index contributed by atoms with van der Waals surface area (Å²) in [7, 11) is 0. The van der Waals surface area contributed by atoms with E-state index in [-0.39, 0.29) is 23.0 Å². The number of carboxylic acids is 1. The lowest BCUT2D eigenvalue weighted by molar-refractivity contribution is -0.278. The SMILES string of the molecule is Cc1c(F)c(N2CCN[C@H](C)C2)cc2c1c(=O)c(C(=O)O[C@@H]1O[C@H](C(=O)O)[C@@H](O)[C@H](O)[C@H]1O)cn2C1CC1. The molecule has 0 bridgehead atoms. The molecule has 3 fully saturated rings. The summed E-state index contributed by atoms with van der Waals surface area (Å²) in [5.41, 5.74) is -0.319. The zero-order valence-electron chi connectivity index (χ0n) is 20.8. The molecule has 206 valence electrons. The monoisotopic (exact) mass is 535 g/mol. The summed E-state index contributed by atoms with van der Waals surface area (Å²) in [6.07, 6.45) is -6.97. The molecule has 0 unspecified atom stereocenters. The number of halogens is 1. The Morgan fingerprint density at radius 2 is 1.89 bits per heavy atom. The number of aliphatic carboxylic acids is 1. The molecule has 1 aromatic carbocycles. The fourth-order valence-electron chi connectivity index (χ4n) is 5.15. The molecule has 0 radical (unpaired) electrons. The fourth-order valence-corrected chi connectivity index (χ4v) is 5.15. The minimum atomic E-state index is -1.98. The summed E-state index contributed by atoms with van der Waals surface area (Å²) in [4.78, 5) is 39.9. The van der Waals surface area contributed by atoms with Crippen LogP contribution in [0.4, 0.5) is 10.1 Å². The van der Waals surface area contributed by atoms with Gasteiger partial charge in [-0.15, -0.1) is 0 Å². The number of carbonyl (C=O) groups is 2. The summed E-state index contributed by atoms with van der Waals surface area (Å²) in [5, 5.41) is 42.6. The van der Waals surface area contributed by atoms with Crippen molar-refractivity contribution in [3.8, 4) is 0 Å². The van der Waals surface area contributed by atoms with Crippen LogP contribution in [0.2, 0.25) is 0 Å². The van der Waals surface area contributed by atoms with Crippen LogP contribution in [-0.4, -0.2) is 93.3 Å². The van der Waals surface area contributed by atoms with Gasteiger partial charge in [0, 0.05) is 43.5 Å². The smallest absolute Gasteiger partial charge is 0.346 e. The molecule has 2 aromatic rings. The molecule has 3 aliphatic rings. The summed E-state index contributed by atoms with van der Waals surface area (Å²) in [6.45, 7) is 5.33. The Hall–Kier alpha value is -3.10. The number of carboxylic acid groups (broad SMARTS) is 1. The van der Waals surface area contributed by atoms with Gasteiger partial charge in [0.2, 0.25) is 11.7 Å². The van der Waals surface area contributed by atoms with Crippen molar-refractivity contribution >= 4 is 28.5 Å². The number of anilines is 1. The van der Waals surface area contributed by atoms with E-state index in [9.17, 15) is 34.8 Å². The van der Waals surface area contributed by atoms with E-state index in [1.54, 1.807) is 10.6 Å². The third-order valence-electron chi connectivity index (χ3n) is 7.38. The number of piperazine rings is 1. The van der Waals surface area contributed by atoms with E-state index in [1.807, 2.05) is 11.8 Å². The van der Waals surface area contributed by atoms with Gasteiger partial charge >= 0.3 is 11.9 Å². The number of ether oxygens (including phenoxy) is 2. The van der Waals surface area contributed by atoms with Gasteiger partial charge in [-0.05, 0) is 32.8 Å². The number of carbonyl (C=O) groups excluding carboxylic acids is 1. The van der Waals surface area contributed by atoms with E-state index in [0.29, 0.717) is 30.8 Å². The van der Waals surface area contributed by atoms with E-state index >= 15 is 4.39 Å². The molecule has 6 atom stereocenters. The van der Waals surface area contributed by atoms with Crippen molar-refractivity contribution in [3.05, 3.63) is 39.4 Å². The van der Waals surface area contributed by atoms with Crippen molar-refractivity contribution in [2.75, 3.05) is 24.5 Å². The zero-order valence-corrected chi connectivity index (χ0v) is 20.8. The van der Waals surface area contributed by atoms with Gasteiger partial charge in [-0.2, -0.15) is 0 Å². The Morgan fingerprint density at radius 1 is 1.18 bits per heavy atom. The Morgan fingerprint density at radius 3 is 2.53 bits per heavy atom. The number of aliphatic hydroxyl groups excluding tert-OH is 3. The summed E-state index contributed by atoms with van der Waals surface area (Å²) in [6, 6.07) is 1.77. The molecule has 2 saturated heterocycles. The van der Waals surface area contributed by atoms with Crippen LogP contribution >= 0.6 is 0 Å². The molecule has 13 heteroatoms. The molecular formula is C25H30FN3O9. The van der Waals surface area contributed by atoms with Crippen LogP contribution in [0.25, 0.3) is 10.9 Å². The predicted octanol–water partition coefficient (Wildman–Crippen LogP) is -0.369. The van der Waals surface area contributed by atoms with Crippen molar-refractivity contribution in [2.24, 2.45) is 0 Å². The predicted molar refractivity (Wildman–Crippen MR) is 131 cm³/mol. The average Bonchev–Trinajstić information content (AvgIpc) is 3.71. The number of aryl methyl sites for hydroxylation is 1. The Labute approximate surface area is 216 Å². The van der Waals surface area contributed by atoms with E-state index in [1.165, 1.54) is 13.1 Å². The number of benzene rings is 1. The first-order valence-corrected chi connectivity index (χ1v) is 12.5. The number of rotatable bonds is 5. The molecule has 12 nitrogen and oxygen atoms in total. The van der Waals surface area contributed by atoms with Gasteiger partial charge in [0.25, 0.3) is 0 Å². The standard InChI is InChI=1S/C25H30FN3O9/c1-10-8-28(6-5-27-10)15-7-14-16(11(2)17(15)26)18(30)13(9-29(14)12-3-4-12)24(36)38-25-21(33)19(31)20(32)22(37-25)23(34)35/h7,9-10,12,19-22,25,27,31-33H,3-6,8H2,1-2H3,(H,34,35)/t10-,19+,20+,21-,22+,25+/m1/s1. The molecule has 38 heavy (non-hydrogen) atoms. The van der Waals surface area contributed by atoms with Crippen molar-refractivity contribution in [2.45, 2.75) is 69.5 Å². The Balaban J connectivity index is 1.55. The highest BCUT2D eigenvalue weighted by Crippen LogP contribution is 2.39. The third-order valence-corrected chi connectivity index (χ3v) is 7.38. The van der Waals surface area contributed by atoms with Crippen molar-refractivity contribution in [1.82, 2.24) is 9.88 Å². The molecule has 3 heterocycles. The number of fused-ring (bicyclic) bond motifs is 1. The number of nitrogens with one attached hydrogen (secondary N) is 1. The largest absolute Gasteiger partial charge is 0.479 e. The number of esters is 1. The van der Waals surface area contributed by atoms with Crippen molar-refractivity contribution < 1.29 is 43.9 Å². The normalized spacial score (nSPS) is 29.9.